The Kier molecular flexibility index (Phi) is 12.6. The average molecular weight is 404 g/mol. The molecular weight excluding hydrogens is 372 g/mol. The maximum Gasteiger partial charge on any atom is 0.111 e. The van der Waals surface area contributed by atoms with Crippen LogP contribution in [0.2, 0.25) is 0 Å². The Bertz CT molecular complexity index is 352. The largest absolute Gasteiger partial charge is 0.394 e. The molecule has 12 heteroatoms. The van der Waals surface area contributed by atoms with Gasteiger partial charge in [0.05, 0.1) is 25.4 Å². The standard InChI is InChI=1S/C15H32O12/c16-4-8(20)12(24)14(26)10(22)6(18)2-1-3-7(19)11(23)15(27)13(25)9(21)5-17/h6-27H,1-5H2/t6?,7?,8-,9-,10-,11-,12-,13-,14-,15-/m1/s1. The summed E-state index contributed by atoms with van der Waals surface area (Å²) in [4.78, 5) is 0. The zero-order valence-corrected chi connectivity index (χ0v) is 14.7. The van der Waals surface area contributed by atoms with Gasteiger partial charge in [-0.1, -0.05) is 0 Å². The van der Waals surface area contributed by atoms with Gasteiger partial charge in [-0.25, -0.2) is 0 Å². The maximum absolute atomic E-state index is 9.79. The van der Waals surface area contributed by atoms with Crippen molar-refractivity contribution in [1.29, 1.82) is 0 Å². The topological polar surface area (TPSA) is 243 Å². The van der Waals surface area contributed by atoms with Crippen LogP contribution in [0, 0.1) is 0 Å². The van der Waals surface area contributed by atoms with Crippen LogP contribution in [-0.4, -0.2) is 136 Å². The second-order valence-electron chi connectivity index (χ2n) is 6.51. The smallest absolute Gasteiger partial charge is 0.111 e. The minimum atomic E-state index is -1.95. The lowest BCUT2D eigenvalue weighted by Gasteiger charge is -2.30. The van der Waals surface area contributed by atoms with Crippen molar-refractivity contribution in [3.8, 4) is 0 Å². The van der Waals surface area contributed by atoms with Gasteiger partial charge in [0, 0.05) is 0 Å². The van der Waals surface area contributed by atoms with E-state index in [0.29, 0.717) is 0 Å². The van der Waals surface area contributed by atoms with E-state index in [0.717, 1.165) is 0 Å². The first-order valence-corrected chi connectivity index (χ1v) is 8.51. The Labute approximate surface area is 155 Å². The lowest BCUT2D eigenvalue weighted by Crippen LogP contribution is -2.50. The van der Waals surface area contributed by atoms with E-state index >= 15 is 0 Å². The average Bonchev–Trinajstić information content (AvgIpc) is 2.68. The number of aliphatic hydroxyl groups is 12. The molecular formula is C15H32O12. The lowest BCUT2D eigenvalue weighted by atomic mass is 9.93. The van der Waals surface area contributed by atoms with Crippen molar-refractivity contribution in [2.24, 2.45) is 0 Å². The Balaban J connectivity index is 4.44. The van der Waals surface area contributed by atoms with Crippen molar-refractivity contribution < 1.29 is 61.3 Å². The van der Waals surface area contributed by atoms with Gasteiger partial charge in [-0.05, 0) is 19.3 Å². The van der Waals surface area contributed by atoms with Crippen molar-refractivity contribution >= 4 is 0 Å². The minimum Gasteiger partial charge on any atom is -0.394 e. The second kappa shape index (κ2) is 12.9. The van der Waals surface area contributed by atoms with Gasteiger partial charge < -0.3 is 61.3 Å². The van der Waals surface area contributed by atoms with E-state index in [4.69, 9.17) is 10.2 Å². The molecule has 10 atom stereocenters. The van der Waals surface area contributed by atoms with E-state index in [-0.39, 0.29) is 19.3 Å². The fraction of sp³-hybridized carbons (Fsp3) is 1.00. The van der Waals surface area contributed by atoms with Gasteiger partial charge >= 0.3 is 0 Å². The van der Waals surface area contributed by atoms with Crippen molar-refractivity contribution in [2.75, 3.05) is 13.2 Å². The summed E-state index contributed by atoms with van der Waals surface area (Å²) in [5.74, 6) is 0. The van der Waals surface area contributed by atoms with Gasteiger partial charge in [-0.2, -0.15) is 0 Å². The van der Waals surface area contributed by atoms with Gasteiger partial charge in [0.2, 0.25) is 0 Å². The van der Waals surface area contributed by atoms with Crippen molar-refractivity contribution in [1.82, 2.24) is 0 Å². The first-order valence-electron chi connectivity index (χ1n) is 8.51. The minimum absolute atomic E-state index is 0.0206. The normalized spacial score (nSPS) is 23.6. The Morgan fingerprint density at radius 1 is 0.370 bits per heavy atom. The maximum atomic E-state index is 9.79. The zero-order valence-electron chi connectivity index (χ0n) is 14.7. The molecule has 0 heterocycles. The van der Waals surface area contributed by atoms with Gasteiger partial charge in [-0.3, -0.25) is 0 Å². The van der Waals surface area contributed by atoms with Crippen molar-refractivity contribution in [3.05, 3.63) is 0 Å². The predicted molar refractivity (Wildman–Crippen MR) is 88.1 cm³/mol. The Morgan fingerprint density at radius 3 is 0.889 bits per heavy atom. The molecule has 0 aliphatic carbocycles. The SMILES string of the molecule is OC[C@@H](O)[C@@H](O)[C@H](O)[C@H](O)C(O)CCCC(O)[C@@H](O)[C@@H](O)[C@H](O)[C@H](O)CO. The van der Waals surface area contributed by atoms with E-state index in [2.05, 4.69) is 0 Å². The fourth-order valence-corrected chi connectivity index (χ4v) is 2.41. The third-order valence-electron chi connectivity index (χ3n) is 4.35. The third kappa shape index (κ3) is 8.19. The highest BCUT2D eigenvalue weighted by Crippen LogP contribution is 2.16. The summed E-state index contributed by atoms with van der Waals surface area (Å²) in [6, 6.07) is 0. The molecule has 27 heavy (non-hydrogen) atoms. The number of hydrogen-bond donors (Lipinski definition) is 12. The molecule has 0 saturated carbocycles. The summed E-state index contributed by atoms with van der Waals surface area (Å²) in [6.07, 6.45) is -18.5. The van der Waals surface area contributed by atoms with Crippen molar-refractivity contribution in [3.63, 3.8) is 0 Å². The van der Waals surface area contributed by atoms with Crippen LogP contribution in [-0.2, 0) is 0 Å². The Morgan fingerprint density at radius 2 is 0.630 bits per heavy atom. The highest BCUT2D eigenvalue weighted by molar-refractivity contribution is 4.86. The van der Waals surface area contributed by atoms with Crippen molar-refractivity contribution in [2.45, 2.75) is 80.3 Å². The van der Waals surface area contributed by atoms with Crippen LogP contribution in [0.5, 0.6) is 0 Å². The first kappa shape index (κ1) is 26.5. The molecule has 0 amide bonds. The molecule has 0 spiro atoms. The summed E-state index contributed by atoms with van der Waals surface area (Å²) in [6.45, 7) is -1.74. The van der Waals surface area contributed by atoms with Crippen LogP contribution in [0.1, 0.15) is 19.3 Å². The monoisotopic (exact) mass is 404 g/mol. The van der Waals surface area contributed by atoms with Gasteiger partial charge in [0.15, 0.2) is 0 Å². The molecule has 2 unspecified atom stereocenters. The van der Waals surface area contributed by atoms with Crippen LogP contribution < -0.4 is 0 Å². The highest BCUT2D eigenvalue weighted by atomic mass is 16.4. The molecule has 0 aliphatic rings. The van der Waals surface area contributed by atoms with Crippen LogP contribution in [0.3, 0.4) is 0 Å². The molecule has 0 rings (SSSR count). The lowest BCUT2D eigenvalue weighted by molar-refractivity contribution is -0.145. The van der Waals surface area contributed by atoms with Gasteiger partial charge in [-0.15, -0.1) is 0 Å². The predicted octanol–water partition coefficient (Wildman–Crippen LogP) is -6.25. The Hall–Kier alpha value is -0.480. The quantitative estimate of drug-likeness (QED) is 0.129. The van der Waals surface area contributed by atoms with Crippen LogP contribution in [0.15, 0.2) is 0 Å². The first-order chi connectivity index (χ1) is 12.5. The number of rotatable bonds is 14. The molecule has 12 N–H and O–H groups in total. The van der Waals surface area contributed by atoms with E-state index in [1.807, 2.05) is 0 Å². The summed E-state index contributed by atoms with van der Waals surface area (Å²) >= 11 is 0. The van der Waals surface area contributed by atoms with Crippen LogP contribution in [0.4, 0.5) is 0 Å². The number of aliphatic hydroxyl groups excluding tert-OH is 12. The molecule has 0 aromatic carbocycles. The summed E-state index contributed by atoms with van der Waals surface area (Å²) in [5.41, 5.74) is 0. The molecule has 0 aromatic rings. The second-order valence-corrected chi connectivity index (χ2v) is 6.51. The molecule has 12 nitrogen and oxygen atoms in total. The zero-order chi connectivity index (χ0) is 21.3. The molecule has 0 radical (unpaired) electrons. The van der Waals surface area contributed by atoms with E-state index < -0.39 is 74.3 Å². The van der Waals surface area contributed by atoms with Crippen LogP contribution >= 0.6 is 0 Å². The summed E-state index contributed by atoms with van der Waals surface area (Å²) < 4.78 is 0. The number of hydrogen-bond acceptors (Lipinski definition) is 12. The fourth-order valence-electron chi connectivity index (χ4n) is 2.41. The highest BCUT2D eigenvalue weighted by Gasteiger charge is 2.35. The molecule has 164 valence electrons. The van der Waals surface area contributed by atoms with Crippen LogP contribution in [0.25, 0.3) is 0 Å². The van der Waals surface area contributed by atoms with E-state index in [1.165, 1.54) is 0 Å². The summed E-state index contributed by atoms with van der Waals surface area (Å²) in [7, 11) is 0. The van der Waals surface area contributed by atoms with E-state index in [9.17, 15) is 51.1 Å². The van der Waals surface area contributed by atoms with E-state index in [1.54, 1.807) is 0 Å². The molecule has 0 bridgehead atoms. The molecule has 0 aliphatic heterocycles. The van der Waals surface area contributed by atoms with Gasteiger partial charge in [0.25, 0.3) is 0 Å². The molecule has 0 fully saturated rings. The third-order valence-corrected chi connectivity index (χ3v) is 4.35. The summed E-state index contributed by atoms with van der Waals surface area (Å²) in [5, 5.41) is 113. The molecule has 0 saturated heterocycles. The molecule has 0 aromatic heterocycles. The van der Waals surface area contributed by atoms with Gasteiger partial charge in [0.1, 0.15) is 48.8 Å².